The Morgan fingerprint density at radius 3 is 2.77 bits per heavy atom. The molecule has 72 valence electrons. The number of nitrogens with two attached hydrogens (primary N) is 1. The summed E-state index contributed by atoms with van der Waals surface area (Å²) in [6.07, 6.45) is 0. The van der Waals surface area contributed by atoms with E-state index >= 15 is 0 Å². The summed E-state index contributed by atoms with van der Waals surface area (Å²) in [6.45, 7) is 2.08. The fourth-order valence-electron chi connectivity index (χ4n) is 0.992. The number of carboxylic acid groups (broad SMARTS) is 1. The Balaban J connectivity index is 2.98. The van der Waals surface area contributed by atoms with Gasteiger partial charge in [-0.05, 0) is 28.9 Å². The molecule has 13 heavy (non-hydrogen) atoms. The second-order valence-corrected chi connectivity index (χ2v) is 4.82. The molecule has 0 bridgehead atoms. The fourth-order valence-corrected chi connectivity index (χ4v) is 2.66. The summed E-state index contributed by atoms with van der Waals surface area (Å²) in [5.41, 5.74) is 5.38. The fraction of sp³-hybridized carbons (Fsp3) is 0.375. The Hall–Kier alpha value is -0.390. The van der Waals surface area contributed by atoms with Crippen LogP contribution >= 0.6 is 27.3 Å². The molecule has 0 aliphatic rings. The second kappa shape index (κ2) is 4.21. The van der Waals surface area contributed by atoms with Crippen molar-refractivity contribution < 1.29 is 9.90 Å². The lowest BCUT2D eigenvalue weighted by molar-refractivity contribution is -0.138. The Morgan fingerprint density at radius 1 is 1.85 bits per heavy atom. The zero-order valence-corrected chi connectivity index (χ0v) is 9.48. The number of hydrogen-bond acceptors (Lipinski definition) is 3. The van der Waals surface area contributed by atoms with Gasteiger partial charge in [-0.15, -0.1) is 11.3 Å². The van der Waals surface area contributed by atoms with E-state index in [4.69, 9.17) is 10.8 Å². The topological polar surface area (TPSA) is 63.3 Å². The van der Waals surface area contributed by atoms with E-state index in [0.29, 0.717) is 0 Å². The summed E-state index contributed by atoms with van der Waals surface area (Å²) in [5.74, 6) is -1.44. The molecule has 0 saturated heterocycles. The molecule has 1 atom stereocenters. The first kappa shape index (κ1) is 10.7. The largest absolute Gasteiger partial charge is 0.481 e. The normalized spacial score (nSPS) is 12.8. The van der Waals surface area contributed by atoms with Crippen molar-refractivity contribution in [3.8, 4) is 0 Å². The number of hydrogen-bond donors (Lipinski definition) is 2. The molecule has 1 aromatic rings. The third-order valence-electron chi connectivity index (χ3n) is 1.75. The van der Waals surface area contributed by atoms with Crippen molar-refractivity contribution in [1.82, 2.24) is 0 Å². The predicted molar refractivity (Wildman–Crippen MR) is 56.2 cm³/mol. The highest BCUT2D eigenvalue weighted by molar-refractivity contribution is 9.10. The second-order valence-electron chi connectivity index (χ2n) is 2.68. The molecule has 0 aromatic carbocycles. The summed E-state index contributed by atoms with van der Waals surface area (Å²) < 4.78 is 0.951. The maximum atomic E-state index is 10.8. The third kappa shape index (κ3) is 2.30. The molecule has 0 saturated carbocycles. The summed E-state index contributed by atoms with van der Waals surface area (Å²) in [5, 5.41) is 8.84. The molecule has 1 rings (SSSR count). The van der Waals surface area contributed by atoms with Crippen molar-refractivity contribution in [3.05, 3.63) is 20.3 Å². The molecule has 0 fully saturated rings. The maximum Gasteiger partial charge on any atom is 0.313 e. The first-order chi connectivity index (χ1) is 6.06. The van der Waals surface area contributed by atoms with Gasteiger partial charge in [-0.2, -0.15) is 0 Å². The third-order valence-corrected chi connectivity index (χ3v) is 4.00. The lowest BCUT2D eigenvalue weighted by Crippen LogP contribution is -2.19. The number of aliphatic carboxylic acids is 1. The van der Waals surface area contributed by atoms with Gasteiger partial charge in [0, 0.05) is 20.8 Å². The summed E-state index contributed by atoms with van der Waals surface area (Å²) in [4.78, 5) is 12.6. The molecule has 3 N–H and O–H groups in total. The van der Waals surface area contributed by atoms with Crippen LogP contribution in [0, 0.1) is 6.92 Å². The molecule has 0 amide bonds. The number of rotatable bonds is 3. The van der Waals surface area contributed by atoms with Crippen molar-refractivity contribution >= 4 is 33.2 Å². The van der Waals surface area contributed by atoms with E-state index in [2.05, 4.69) is 15.9 Å². The number of thiophene rings is 1. The van der Waals surface area contributed by atoms with Gasteiger partial charge >= 0.3 is 5.97 Å². The van der Waals surface area contributed by atoms with Crippen LogP contribution in [0.4, 0.5) is 0 Å². The van der Waals surface area contributed by atoms with E-state index in [1.54, 1.807) is 0 Å². The molecule has 3 nitrogen and oxygen atoms in total. The maximum absolute atomic E-state index is 10.8. The van der Waals surface area contributed by atoms with E-state index < -0.39 is 11.9 Å². The van der Waals surface area contributed by atoms with Gasteiger partial charge in [0.15, 0.2) is 0 Å². The highest BCUT2D eigenvalue weighted by Gasteiger charge is 2.20. The smallest absolute Gasteiger partial charge is 0.313 e. The van der Waals surface area contributed by atoms with E-state index in [-0.39, 0.29) is 6.54 Å². The van der Waals surface area contributed by atoms with Crippen LogP contribution in [-0.2, 0) is 4.79 Å². The van der Waals surface area contributed by atoms with Crippen LogP contribution in [0.2, 0.25) is 0 Å². The quantitative estimate of drug-likeness (QED) is 0.877. The minimum atomic E-state index is -0.865. The summed E-state index contributed by atoms with van der Waals surface area (Å²) >= 11 is 4.81. The van der Waals surface area contributed by atoms with E-state index in [1.807, 2.05) is 13.0 Å². The first-order valence-electron chi connectivity index (χ1n) is 3.75. The van der Waals surface area contributed by atoms with Crippen LogP contribution < -0.4 is 5.73 Å². The first-order valence-corrected chi connectivity index (χ1v) is 5.36. The van der Waals surface area contributed by atoms with Crippen LogP contribution in [0.1, 0.15) is 15.7 Å². The Morgan fingerprint density at radius 2 is 2.46 bits per heavy atom. The number of halogens is 1. The van der Waals surface area contributed by atoms with Crippen molar-refractivity contribution in [1.29, 1.82) is 0 Å². The van der Waals surface area contributed by atoms with Gasteiger partial charge in [-0.25, -0.2) is 0 Å². The summed E-state index contributed by atoms with van der Waals surface area (Å²) in [7, 11) is 0. The lowest BCUT2D eigenvalue weighted by Gasteiger charge is -2.05. The van der Waals surface area contributed by atoms with Gasteiger partial charge in [0.05, 0.1) is 0 Å². The van der Waals surface area contributed by atoms with Crippen molar-refractivity contribution in [2.24, 2.45) is 5.73 Å². The zero-order chi connectivity index (χ0) is 10.0. The Bertz CT molecular complexity index is 304. The van der Waals surface area contributed by atoms with Crippen molar-refractivity contribution in [2.75, 3.05) is 6.54 Å². The van der Waals surface area contributed by atoms with Crippen molar-refractivity contribution in [3.63, 3.8) is 0 Å². The van der Waals surface area contributed by atoms with Crippen LogP contribution in [0.5, 0.6) is 0 Å². The van der Waals surface area contributed by atoms with Gasteiger partial charge in [-0.3, -0.25) is 4.79 Å². The van der Waals surface area contributed by atoms with Gasteiger partial charge in [0.2, 0.25) is 0 Å². The monoisotopic (exact) mass is 263 g/mol. The Labute approximate surface area is 88.7 Å². The van der Waals surface area contributed by atoms with Crippen molar-refractivity contribution in [2.45, 2.75) is 12.8 Å². The molecule has 0 aliphatic carbocycles. The van der Waals surface area contributed by atoms with E-state index in [0.717, 1.165) is 14.2 Å². The van der Waals surface area contributed by atoms with E-state index in [9.17, 15) is 4.79 Å². The van der Waals surface area contributed by atoms with Gasteiger partial charge in [0.1, 0.15) is 5.92 Å². The minimum absolute atomic E-state index is 0.141. The van der Waals surface area contributed by atoms with E-state index in [1.165, 1.54) is 11.3 Å². The standard InChI is InChI=1S/C8H10BrNO2S/c1-4-6(9)2-7(13-4)5(3-10)8(11)12/h2,5H,3,10H2,1H3,(H,11,12). The van der Waals surface area contributed by atoms with Crippen LogP contribution in [0.15, 0.2) is 10.5 Å². The highest BCUT2D eigenvalue weighted by Crippen LogP contribution is 2.31. The molecule has 1 aromatic heterocycles. The Kier molecular flexibility index (Phi) is 3.47. The van der Waals surface area contributed by atoms with Crippen LogP contribution in [0.25, 0.3) is 0 Å². The predicted octanol–water partition coefficient (Wildman–Crippen LogP) is 1.95. The molecule has 0 radical (unpaired) electrons. The SMILES string of the molecule is Cc1sc(C(CN)C(=O)O)cc1Br. The molecule has 0 spiro atoms. The minimum Gasteiger partial charge on any atom is -0.481 e. The molecule has 1 unspecified atom stereocenters. The number of aryl methyl sites for hydroxylation is 1. The zero-order valence-electron chi connectivity index (χ0n) is 7.08. The van der Waals surface area contributed by atoms with Gasteiger partial charge in [0.25, 0.3) is 0 Å². The molecule has 1 heterocycles. The molecule has 5 heteroatoms. The highest BCUT2D eigenvalue weighted by atomic mass is 79.9. The molecular formula is C8H10BrNO2S. The average molecular weight is 264 g/mol. The lowest BCUT2D eigenvalue weighted by atomic mass is 10.1. The molecule has 0 aliphatic heterocycles. The van der Waals surface area contributed by atoms with Crippen LogP contribution in [-0.4, -0.2) is 17.6 Å². The van der Waals surface area contributed by atoms with Crippen LogP contribution in [0.3, 0.4) is 0 Å². The van der Waals surface area contributed by atoms with Gasteiger partial charge < -0.3 is 10.8 Å². The number of carboxylic acids is 1. The van der Waals surface area contributed by atoms with Gasteiger partial charge in [-0.1, -0.05) is 0 Å². The summed E-state index contributed by atoms with van der Waals surface area (Å²) in [6, 6.07) is 1.83. The molecular weight excluding hydrogens is 254 g/mol. The average Bonchev–Trinajstić information content (AvgIpc) is 2.32. The number of carbonyl (C=O) groups is 1.